The maximum atomic E-state index is 12.9. The summed E-state index contributed by atoms with van der Waals surface area (Å²) in [6.45, 7) is 4.28. The highest BCUT2D eigenvalue weighted by molar-refractivity contribution is 5.91. The Balaban J connectivity index is 1.23. The molecular weight excluding hydrogens is 433 g/mol. The number of benzene rings is 2. The van der Waals surface area contributed by atoms with Crippen molar-refractivity contribution >= 4 is 5.91 Å². The smallest absolute Gasteiger partial charge is 0.416 e. The zero-order valence-electron chi connectivity index (χ0n) is 18.0. The molecular formula is C24H25F3N4O2. The number of alkyl halides is 3. The Morgan fingerprint density at radius 2 is 1.61 bits per heavy atom. The van der Waals surface area contributed by atoms with Gasteiger partial charge in [0.2, 0.25) is 5.89 Å². The molecule has 4 rings (SSSR count). The summed E-state index contributed by atoms with van der Waals surface area (Å²) in [4.78, 5) is 20.9. The van der Waals surface area contributed by atoms with Crippen molar-refractivity contribution in [1.29, 1.82) is 0 Å². The summed E-state index contributed by atoms with van der Waals surface area (Å²) in [5.41, 5.74) is 1.27. The molecule has 33 heavy (non-hydrogen) atoms. The first-order valence-corrected chi connectivity index (χ1v) is 10.7. The molecule has 174 valence electrons. The maximum absolute atomic E-state index is 12.9. The van der Waals surface area contributed by atoms with Crippen molar-refractivity contribution in [2.45, 2.75) is 25.8 Å². The van der Waals surface area contributed by atoms with E-state index in [1.54, 1.807) is 6.07 Å². The van der Waals surface area contributed by atoms with Crippen LogP contribution in [0, 0.1) is 0 Å². The van der Waals surface area contributed by atoms with E-state index in [1.807, 2.05) is 30.3 Å². The van der Waals surface area contributed by atoms with E-state index in [2.05, 4.69) is 20.1 Å². The fourth-order valence-corrected chi connectivity index (χ4v) is 3.76. The summed E-state index contributed by atoms with van der Waals surface area (Å²) < 4.78 is 44.2. The van der Waals surface area contributed by atoms with Crippen LogP contribution in [-0.2, 0) is 25.8 Å². The van der Waals surface area contributed by atoms with E-state index in [9.17, 15) is 18.0 Å². The molecule has 0 atom stereocenters. The fraction of sp³-hybridized carbons (Fsp3) is 0.333. The Kier molecular flexibility index (Phi) is 7.10. The highest BCUT2D eigenvalue weighted by Crippen LogP contribution is 2.29. The number of amides is 1. The Labute approximate surface area is 190 Å². The number of carbonyl (C=O) groups is 1. The molecule has 0 saturated carbocycles. The first-order chi connectivity index (χ1) is 15.9. The zero-order chi connectivity index (χ0) is 23.3. The number of aromatic nitrogens is 1. The number of hydrogen-bond donors (Lipinski definition) is 1. The quantitative estimate of drug-likeness (QED) is 0.581. The highest BCUT2D eigenvalue weighted by atomic mass is 19.4. The molecule has 1 N–H and O–H groups in total. The van der Waals surface area contributed by atoms with E-state index in [0.29, 0.717) is 31.1 Å². The molecule has 1 aliphatic rings. The van der Waals surface area contributed by atoms with Crippen molar-refractivity contribution in [2.75, 3.05) is 26.2 Å². The summed E-state index contributed by atoms with van der Waals surface area (Å²) >= 11 is 0. The zero-order valence-corrected chi connectivity index (χ0v) is 18.0. The van der Waals surface area contributed by atoms with Crippen LogP contribution in [0.1, 0.15) is 33.1 Å². The molecule has 2 heterocycles. The van der Waals surface area contributed by atoms with Gasteiger partial charge in [0, 0.05) is 39.3 Å². The average molecular weight is 458 g/mol. The van der Waals surface area contributed by atoms with E-state index in [-0.39, 0.29) is 11.6 Å². The molecule has 3 aromatic rings. The number of nitrogens with one attached hydrogen (secondary N) is 1. The van der Waals surface area contributed by atoms with Crippen LogP contribution in [0.25, 0.3) is 0 Å². The van der Waals surface area contributed by atoms with E-state index in [4.69, 9.17) is 4.42 Å². The first-order valence-electron chi connectivity index (χ1n) is 10.7. The lowest BCUT2D eigenvalue weighted by atomic mass is 10.1. The van der Waals surface area contributed by atoms with Crippen LogP contribution in [0.3, 0.4) is 0 Å². The van der Waals surface area contributed by atoms with Gasteiger partial charge in [-0.2, -0.15) is 13.2 Å². The standard InChI is InChI=1S/C24H25F3N4O2/c25-24(26,27)20-8-4-7-19(13-20)15-30-9-11-31(12-10-30)16-22-29-21(17-33-22)23(32)28-14-18-5-2-1-3-6-18/h1-8,13,17H,9-12,14-16H2,(H,28,32). The van der Waals surface area contributed by atoms with Gasteiger partial charge in [0.25, 0.3) is 5.91 Å². The van der Waals surface area contributed by atoms with E-state index >= 15 is 0 Å². The second-order valence-corrected chi connectivity index (χ2v) is 8.05. The molecule has 1 aliphatic heterocycles. The summed E-state index contributed by atoms with van der Waals surface area (Å²) in [5.74, 6) is 0.172. The van der Waals surface area contributed by atoms with Gasteiger partial charge in [-0.3, -0.25) is 14.6 Å². The summed E-state index contributed by atoms with van der Waals surface area (Å²) in [6, 6.07) is 15.1. The number of halogens is 3. The summed E-state index contributed by atoms with van der Waals surface area (Å²) in [7, 11) is 0. The number of rotatable bonds is 7. The number of carbonyl (C=O) groups excluding carboxylic acids is 1. The van der Waals surface area contributed by atoms with Crippen molar-refractivity contribution in [1.82, 2.24) is 20.1 Å². The lowest BCUT2D eigenvalue weighted by Crippen LogP contribution is -2.45. The first kappa shape index (κ1) is 23.0. The molecule has 6 nitrogen and oxygen atoms in total. The predicted octanol–water partition coefficient (Wildman–Crippen LogP) is 3.94. The van der Waals surface area contributed by atoms with Crippen molar-refractivity contribution in [3.63, 3.8) is 0 Å². The van der Waals surface area contributed by atoms with Gasteiger partial charge < -0.3 is 9.73 Å². The van der Waals surface area contributed by atoms with Crippen LogP contribution in [0.2, 0.25) is 0 Å². The molecule has 1 saturated heterocycles. The number of nitrogens with zero attached hydrogens (tertiary/aromatic N) is 3. The molecule has 0 unspecified atom stereocenters. The van der Waals surface area contributed by atoms with Gasteiger partial charge in [-0.1, -0.05) is 48.5 Å². The number of piperazine rings is 1. The maximum Gasteiger partial charge on any atom is 0.416 e. The third-order valence-electron chi connectivity index (χ3n) is 5.56. The fourth-order valence-electron chi connectivity index (χ4n) is 3.76. The van der Waals surface area contributed by atoms with E-state index in [0.717, 1.165) is 37.8 Å². The van der Waals surface area contributed by atoms with Gasteiger partial charge in [0.15, 0.2) is 5.69 Å². The van der Waals surface area contributed by atoms with Crippen LogP contribution in [0.4, 0.5) is 13.2 Å². The highest BCUT2D eigenvalue weighted by Gasteiger charge is 2.30. The Hall–Kier alpha value is -3.17. The molecule has 1 amide bonds. The molecule has 1 fully saturated rings. The van der Waals surface area contributed by atoms with Crippen LogP contribution in [0.15, 0.2) is 65.3 Å². The predicted molar refractivity (Wildman–Crippen MR) is 116 cm³/mol. The Morgan fingerprint density at radius 1 is 0.939 bits per heavy atom. The Bertz CT molecular complexity index is 1060. The minimum absolute atomic E-state index is 0.240. The topological polar surface area (TPSA) is 61.6 Å². The lowest BCUT2D eigenvalue weighted by Gasteiger charge is -2.34. The van der Waals surface area contributed by atoms with E-state index < -0.39 is 11.7 Å². The van der Waals surface area contributed by atoms with Crippen molar-refractivity contribution in [2.24, 2.45) is 0 Å². The minimum Gasteiger partial charge on any atom is -0.447 e. The number of oxazole rings is 1. The van der Waals surface area contributed by atoms with Crippen molar-refractivity contribution < 1.29 is 22.4 Å². The summed E-state index contributed by atoms with van der Waals surface area (Å²) in [6.07, 6.45) is -2.97. The van der Waals surface area contributed by atoms with E-state index in [1.165, 1.54) is 18.4 Å². The van der Waals surface area contributed by atoms with Crippen LogP contribution < -0.4 is 5.32 Å². The monoisotopic (exact) mass is 458 g/mol. The van der Waals surface area contributed by atoms with Crippen molar-refractivity contribution in [3.05, 3.63) is 89.1 Å². The molecule has 0 radical (unpaired) electrons. The van der Waals surface area contributed by atoms with Gasteiger partial charge in [-0.05, 0) is 17.2 Å². The largest absolute Gasteiger partial charge is 0.447 e. The SMILES string of the molecule is O=C(NCc1ccccc1)c1coc(CN2CCN(Cc3cccc(C(F)(F)F)c3)CC2)n1. The average Bonchev–Trinajstić information content (AvgIpc) is 3.28. The second-order valence-electron chi connectivity index (χ2n) is 8.05. The minimum atomic E-state index is -4.33. The molecule has 0 spiro atoms. The van der Waals surface area contributed by atoms with Gasteiger partial charge in [0.05, 0.1) is 12.1 Å². The van der Waals surface area contributed by atoms with Gasteiger partial charge in [-0.25, -0.2) is 4.98 Å². The van der Waals surface area contributed by atoms with Crippen molar-refractivity contribution in [3.8, 4) is 0 Å². The normalized spacial score (nSPS) is 15.5. The molecule has 2 aromatic carbocycles. The molecule has 0 bridgehead atoms. The lowest BCUT2D eigenvalue weighted by molar-refractivity contribution is -0.137. The molecule has 0 aliphatic carbocycles. The van der Waals surface area contributed by atoms with Crippen LogP contribution in [0.5, 0.6) is 0 Å². The second kappa shape index (κ2) is 10.2. The summed E-state index contributed by atoms with van der Waals surface area (Å²) in [5, 5.41) is 2.82. The third kappa shape index (κ3) is 6.43. The third-order valence-corrected chi connectivity index (χ3v) is 5.56. The molecule has 1 aromatic heterocycles. The van der Waals surface area contributed by atoms with Gasteiger partial charge in [-0.15, -0.1) is 0 Å². The number of hydrogen-bond acceptors (Lipinski definition) is 5. The van der Waals surface area contributed by atoms with Crippen LogP contribution in [-0.4, -0.2) is 46.9 Å². The Morgan fingerprint density at radius 3 is 2.30 bits per heavy atom. The van der Waals surface area contributed by atoms with Crippen LogP contribution >= 0.6 is 0 Å². The van der Waals surface area contributed by atoms with Gasteiger partial charge >= 0.3 is 6.18 Å². The molecule has 9 heteroatoms. The van der Waals surface area contributed by atoms with Gasteiger partial charge in [0.1, 0.15) is 6.26 Å².